The number of rotatable bonds is 5. The lowest BCUT2D eigenvalue weighted by molar-refractivity contribution is -0.677. The number of fused-ring (bicyclic) bond motifs is 3. The first-order valence-corrected chi connectivity index (χ1v) is 8.69. The van der Waals surface area contributed by atoms with Gasteiger partial charge in [-0.15, -0.1) is 0 Å². The fraction of sp³-hybridized carbons (Fsp3) is 0.647. The molecule has 7 heteroatoms. The van der Waals surface area contributed by atoms with E-state index >= 15 is 0 Å². The third kappa shape index (κ3) is 2.34. The number of carbonyl (C=O) groups is 2. The zero-order chi connectivity index (χ0) is 17.6. The molecule has 2 aliphatic heterocycles. The summed E-state index contributed by atoms with van der Waals surface area (Å²) < 4.78 is 4.00. The quantitative estimate of drug-likeness (QED) is 0.614. The van der Waals surface area contributed by atoms with Gasteiger partial charge in [-0.3, -0.25) is 14.6 Å². The molecule has 0 aliphatic carbocycles. The van der Waals surface area contributed by atoms with Crippen molar-refractivity contribution in [3.05, 3.63) is 11.9 Å². The van der Waals surface area contributed by atoms with Gasteiger partial charge < -0.3 is 0 Å². The molecule has 1 aromatic rings. The van der Waals surface area contributed by atoms with Crippen LogP contribution in [0, 0.1) is 6.92 Å². The van der Waals surface area contributed by atoms with Crippen molar-refractivity contribution in [1.82, 2.24) is 14.4 Å². The summed E-state index contributed by atoms with van der Waals surface area (Å²) in [6.45, 7) is 8.77. The van der Waals surface area contributed by atoms with E-state index in [1.807, 2.05) is 17.7 Å². The molecule has 3 rings (SSSR count). The second-order valence-electron chi connectivity index (χ2n) is 6.85. The minimum Gasteiger partial charge on any atom is -0.270 e. The molecule has 0 N–H and O–H groups in total. The molecular formula is C17H26N5O2+. The zero-order valence-electron chi connectivity index (χ0n) is 15.1. The van der Waals surface area contributed by atoms with Crippen molar-refractivity contribution < 1.29 is 14.2 Å². The van der Waals surface area contributed by atoms with E-state index < -0.39 is 6.04 Å². The van der Waals surface area contributed by atoms with Crippen molar-refractivity contribution >= 4 is 23.7 Å². The Bertz CT molecular complexity index is 719. The average molecular weight is 332 g/mol. The molecule has 0 saturated carbocycles. The number of unbranched alkanes of at least 4 members (excludes halogenated alkanes) is 2. The summed E-state index contributed by atoms with van der Waals surface area (Å²) >= 11 is 0. The van der Waals surface area contributed by atoms with E-state index in [1.165, 1.54) is 9.80 Å². The molecule has 0 bridgehead atoms. The highest BCUT2D eigenvalue weighted by Crippen LogP contribution is 2.30. The first-order chi connectivity index (χ1) is 11.4. The van der Waals surface area contributed by atoms with Gasteiger partial charge in [-0.05, 0) is 27.2 Å². The number of aliphatic imine (C=N–C) groups is 1. The lowest BCUT2D eigenvalue weighted by Gasteiger charge is -2.33. The number of amides is 3. The smallest absolute Gasteiger partial charge is 0.270 e. The molecule has 1 atom stereocenters. The Labute approximate surface area is 142 Å². The number of carbonyl (C=O) groups excluding carboxylic acids is 2. The molecule has 0 aromatic carbocycles. The van der Waals surface area contributed by atoms with Crippen LogP contribution in [0.4, 0.5) is 10.7 Å². The monoisotopic (exact) mass is 332 g/mol. The number of imide groups is 1. The number of nitrogens with zero attached hydrogens (tertiary/aromatic N) is 5. The van der Waals surface area contributed by atoms with E-state index in [2.05, 4.69) is 30.3 Å². The van der Waals surface area contributed by atoms with Crippen LogP contribution < -0.4 is 4.57 Å². The summed E-state index contributed by atoms with van der Waals surface area (Å²) in [5, 5.41) is 0. The second-order valence-corrected chi connectivity index (χ2v) is 6.85. The van der Waals surface area contributed by atoms with Crippen LogP contribution in [-0.4, -0.2) is 45.7 Å². The first-order valence-electron chi connectivity index (χ1n) is 8.69. The van der Waals surface area contributed by atoms with Crippen molar-refractivity contribution in [2.24, 2.45) is 4.99 Å². The summed E-state index contributed by atoms with van der Waals surface area (Å²) in [5.74, 6) is 1.10. The van der Waals surface area contributed by atoms with Crippen molar-refractivity contribution in [3.63, 3.8) is 0 Å². The third-order valence-electron chi connectivity index (χ3n) is 4.75. The number of imidazole rings is 1. The SMILES string of the molecule is CCCCCN1C(=O)C2C(=Nc3n(C(C)C)c(C)c[n+]32)N(C)C1=O. The maximum Gasteiger partial charge on any atom is 0.402 e. The third-order valence-corrected chi connectivity index (χ3v) is 4.75. The van der Waals surface area contributed by atoms with Crippen LogP contribution in [-0.2, 0) is 4.79 Å². The van der Waals surface area contributed by atoms with Crippen LogP contribution in [0.25, 0.3) is 0 Å². The highest BCUT2D eigenvalue weighted by atomic mass is 16.2. The molecule has 0 spiro atoms. The molecule has 0 radical (unpaired) electrons. The van der Waals surface area contributed by atoms with Crippen LogP contribution >= 0.6 is 0 Å². The molecule has 3 heterocycles. The molecule has 1 aromatic heterocycles. The molecular weight excluding hydrogens is 306 g/mol. The Morgan fingerprint density at radius 1 is 1.29 bits per heavy atom. The van der Waals surface area contributed by atoms with Gasteiger partial charge in [-0.2, -0.15) is 0 Å². The Kier molecular flexibility index (Phi) is 4.19. The summed E-state index contributed by atoms with van der Waals surface area (Å²) in [6, 6.07) is -0.560. The van der Waals surface area contributed by atoms with E-state index in [-0.39, 0.29) is 18.0 Å². The van der Waals surface area contributed by atoms with Gasteiger partial charge in [0.1, 0.15) is 11.9 Å². The summed E-state index contributed by atoms with van der Waals surface area (Å²) in [4.78, 5) is 33.1. The molecule has 7 nitrogen and oxygen atoms in total. The van der Waals surface area contributed by atoms with Gasteiger partial charge in [0.15, 0.2) is 0 Å². The predicted molar refractivity (Wildman–Crippen MR) is 90.3 cm³/mol. The van der Waals surface area contributed by atoms with E-state index in [0.29, 0.717) is 12.4 Å². The van der Waals surface area contributed by atoms with E-state index in [9.17, 15) is 9.59 Å². The number of amidine groups is 1. The number of urea groups is 1. The molecule has 3 amide bonds. The van der Waals surface area contributed by atoms with Crippen LogP contribution in [0.1, 0.15) is 57.8 Å². The second kappa shape index (κ2) is 6.03. The van der Waals surface area contributed by atoms with Gasteiger partial charge in [0.2, 0.25) is 11.9 Å². The highest BCUT2D eigenvalue weighted by molar-refractivity contribution is 6.19. The van der Waals surface area contributed by atoms with E-state index in [0.717, 1.165) is 30.9 Å². The van der Waals surface area contributed by atoms with Crippen LogP contribution in [0.15, 0.2) is 11.2 Å². The molecule has 2 aliphatic rings. The number of aromatic nitrogens is 2. The summed E-state index contributed by atoms with van der Waals surface area (Å²) in [7, 11) is 1.70. The van der Waals surface area contributed by atoms with Gasteiger partial charge in [0, 0.05) is 13.6 Å². The maximum absolute atomic E-state index is 13.0. The standard InChI is InChI=1S/C17H26N5O2/c1-6-7-8-9-20-15(23)13-14(19(5)17(20)24)18-16-21(13)10-12(4)22(16)11(2)3/h10-11,13H,6-9H2,1-5H3/q+1. The molecule has 24 heavy (non-hydrogen) atoms. The predicted octanol–water partition coefficient (Wildman–Crippen LogP) is 2.33. The normalized spacial score (nSPS) is 19.9. The fourth-order valence-corrected chi connectivity index (χ4v) is 3.57. The number of likely N-dealkylation sites (N-methyl/N-ethyl adjacent to an activating group) is 1. The average Bonchev–Trinajstić information content (AvgIpc) is 3.02. The Morgan fingerprint density at radius 2 is 2.00 bits per heavy atom. The lowest BCUT2D eigenvalue weighted by Crippen LogP contribution is -2.62. The summed E-state index contributed by atoms with van der Waals surface area (Å²) in [6.07, 6.45) is 4.86. The van der Waals surface area contributed by atoms with Gasteiger partial charge >= 0.3 is 12.0 Å². The highest BCUT2D eigenvalue weighted by Gasteiger charge is 2.53. The topological polar surface area (TPSA) is 61.8 Å². The number of hydrogen-bond acceptors (Lipinski definition) is 3. The Balaban J connectivity index is 1.99. The zero-order valence-corrected chi connectivity index (χ0v) is 15.1. The molecule has 1 unspecified atom stereocenters. The number of hydrogen-bond donors (Lipinski definition) is 0. The minimum atomic E-state index is -0.525. The Morgan fingerprint density at radius 3 is 2.62 bits per heavy atom. The minimum absolute atomic E-state index is 0.169. The molecule has 1 saturated heterocycles. The van der Waals surface area contributed by atoms with Crippen LogP contribution in [0.3, 0.4) is 0 Å². The van der Waals surface area contributed by atoms with Crippen molar-refractivity contribution in [1.29, 1.82) is 0 Å². The Hall–Kier alpha value is -2.18. The van der Waals surface area contributed by atoms with Crippen molar-refractivity contribution in [2.75, 3.05) is 13.6 Å². The van der Waals surface area contributed by atoms with Gasteiger partial charge in [-0.25, -0.2) is 13.9 Å². The van der Waals surface area contributed by atoms with E-state index in [1.54, 1.807) is 7.05 Å². The van der Waals surface area contributed by atoms with Gasteiger partial charge in [-0.1, -0.05) is 24.8 Å². The van der Waals surface area contributed by atoms with Crippen LogP contribution in [0.5, 0.6) is 0 Å². The molecule has 1 fully saturated rings. The fourth-order valence-electron chi connectivity index (χ4n) is 3.57. The van der Waals surface area contributed by atoms with Gasteiger partial charge in [0.05, 0.1) is 6.04 Å². The largest absolute Gasteiger partial charge is 0.402 e. The van der Waals surface area contributed by atoms with E-state index in [4.69, 9.17) is 0 Å². The first kappa shape index (κ1) is 16.7. The lowest BCUT2D eigenvalue weighted by atomic mass is 10.1. The van der Waals surface area contributed by atoms with Gasteiger partial charge in [0.25, 0.3) is 5.91 Å². The van der Waals surface area contributed by atoms with Crippen molar-refractivity contribution in [2.45, 2.75) is 59.0 Å². The van der Waals surface area contributed by atoms with Crippen molar-refractivity contribution in [3.8, 4) is 0 Å². The summed E-state index contributed by atoms with van der Waals surface area (Å²) in [5.41, 5.74) is 1.06. The number of aryl methyl sites for hydroxylation is 1. The maximum atomic E-state index is 13.0. The molecule has 130 valence electrons. The van der Waals surface area contributed by atoms with Crippen LogP contribution in [0.2, 0.25) is 0 Å².